The minimum absolute atomic E-state index is 0.315. The van der Waals surface area contributed by atoms with Gasteiger partial charge in [-0.25, -0.2) is 4.79 Å². The van der Waals surface area contributed by atoms with E-state index in [1.54, 1.807) is 25.4 Å². The molecule has 1 aromatic carbocycles. The zero-order valence-electron chi connectivity index (χ0n) is 12.2. The van der Waals surface area contributed by atoms with Crippen molar-refractivity contribution >= 4 is 17.3 Å². The molecule has 2 rings (SSSR count). The summed E-state index contributed by atoms with van der Waals surface area (Å²) in [7, 11) is 0. The van der Waals surface area contributed by atoms with E-state index in [1.807, 2.05) is 17.6 Å². The molecule has 1 aromatic heterocycles. The largest absolute Gasteiger partial charge is 0.462 e. The highest BCUT2D eigenvalue weighted by Crippen LogP contribution is 2.23. The van der Waals surface area contributed by atoms with Gasteiger partial charge in [-0.1, -0.05) is 6.07 Å². The van der Waals surface area contributed by atoms with E-state index in [-0.39, 0.29) is 0 Å². The molecule has 1 heterocycles. The minimum atomic E-state index is -0.421. The van der Waals surface area contributed by atoms with Crippen LogP contribution in [0.3, 0.4) is 0 Å². The van der Waals surface area contributed by atoms with Gasteiger partial charge in [0.05, 0.1) is 30.1 Å². The van der Waals surface area contributed by atoms with E-state index in [9.17, 15) is 4.79 Å². The van der Waals surface area contributed by atoms with Gasteiger partial charge in [-0.2, -0.15) is 0 Å². The quantitative estimate of drug-likeness (QED) is 0.620. The molecule has 3 N–H and O–H groups in total. The SMILES string of the molecule is CCOC(=O)c1cccc(NCc2nncn2CC)c1N. The maximum Gasteiger partial charge on any atom is 0.340 e. The molecule has 0 fully saturated rings. The standard InChI is InChI=1S/C14H19N5O2/c1-3-19-9-17-18-12(19)8-16-11-7-5-6-10(13(11)15)14(20)21-4-2/h5-7,9,16H,3-4,8,15H2,1-2H3. The summed E-state index contributed by atoms with van der Waals surface area (Å²) in [5, 5.41) is 11.1. The van der Waals surface area contributed by atoms with E-state index in [1.165, 1.54) is 0 Å². The van der Waals surface area contributed by atoms with Crippen molar-refractivity contribution in [3.63, 3.8) is 0 Å². The number of nitrogen functional groups attached to an aromatic ring is 1. The number of nitrogens with two attached hydrogens (primary N) is 1. The Morgan fingerprint density at radius 1 is 1.43 bits per heavy atom. The number of carbonyl (C=O) groups is 1. The molecular formula is C14H19N5O2. The van der Waals surface area contributed by atoms with Crippen molar-refractivity contribution < 1.29 is 9.53 Å². The van der Waals surface area contributed by atoms with Gasteiger partial charge in [0.1, 0.15) is 6.33 Å². The molecule has 0 aliphatic carbocycles. The van der Waals surface area contributed by atoms with E-state index in [0.717, 1.165) is 12.4 Å². The lowest BCUT2D eigenvalue weighted by Gasteiger charge is -2.12. The van der Waals surface area contributed by atoms with E-state index in [0.29, 0.717) is 30.1 Å². The maximum atomic E-state index is 11.8. The van der Waals surface area contributed by atoms with Gasteiger partial charge in [-0.15, -0.1) is 10.2 Å². The highest BCUT2D eigenvalue weighted by atomic mass is 16.5. The van der Waals surface area contributed by atoms with Crippen LogP contribution in [0.4, 0.5) is 11.4 Å². The molecule has 0 saturated heterocycles. The Balaban J connectivity index is 2.14. The van der Waals surface area contributed by atoms with Crippen molar-refractivity contribution in [2.24, 2.45) is 0 Å². The molecule has 7 nitrogen and oxygen atoms in total. The summed E-state index contributed by atoms with van der Waals surface area (Å²) in [6.45, 7) is 5.36. The molecule has 0 unspecified atom stereocenters. The van der Waals surface area contributed by atoms with Crippen LogP contribution in [0.25, 0.3) is 0 Å². The number of nitrogens with one attached hydrogen (secondary N) is 1. The first-order chi connectivity index (χ1) is 10.2. The molecule has 0 radical (unpaired) electrons. The number of hydrogen-bond donors (Lipinski definition) is 2. The average Bonchev–Trinajstić information content (AvgIpc) is 2.94. The second-order valence-electron chi connectivity index (χ2n) is 4.37. The van der Waals surface area contributed by atoms with Gasteiger partial charge in [0.15, 0.2) is 5.82 Å². The highest BCUT2D eigenvalue weighted by molar-refractivity contribution is 5.98. The predicted molar refractivity (Wildman–Crippen MR) is 79.8 cm³/mol. The third-order valence-corrected chi connectivity index (χ3v) is 3.07. The number of benzene rings is 1. The summed E-state index contributed by atoms with van der Waals surface area (Å²) in [4.78, 5) is 11.8. The molecule has 112 valence electrons. The van der Waals surface area contributed by atoms with Gasteiger partial charge in [-0.3, -0.25) is 0 Å². The number of esters is 1. The molecule has 21 heavy (non-hydrogen) atoms. The number of ether oxygens (including phenoxy) is 1. The lowest BCUT2D eigenvalue weighted by molar-refractivity contribution is 0.0527. The molecule has 2 aromatic rings. The zero-order valence-corrected chi connectivity index (χ0v) is 12.2. The molecule has 0 aliphatic rings. The number of rotatable bonds is 6. The number of nitrogens with zero attached hydrogens (tertiary/aromatic N) is 3. The summed E-state index contributed by atoms with van der Waals surface area (Å²) in [5.41, 5.74) is 7.42. The number of para-hydroxylation sites is 1. The van der Waals surface area contributed by atoms with Crippen LogP contribution in [0.5, 0.6) is 0 Å². The van der Waals surface area contributed by atoms with Crippen LogP contribution >= 0.6 is 0 Å². The molecule has 0 aliphatic heterocycles. The molecule has 0 spiro atoms. The summed E-state index contributed by atoms with van der Waals surface area (Å²) in [5.74, 6) is 0.383. The smallest absolute Gasteiger partial charge is 0.340 e. The second-order valence-corrected chi connectivity index (χ2v) is 4.37. The number of carbonyl (C=O) groups excluding carboxylic acids is 1. The normalized spacial score (nSPS) is 10.4. The van der Waals surface area contributed by atoms with Crippen molar-refractivity contribution in [2.45, 2.75) is 26.9 Å². The number of aryl methyl sites for hydroxylation is 1. The van der Waals surface area contributed by atoms with E-state index in [4.69, 9.17) is 10.5 Å². The Morgan fingerprint density at radius 2 is 2.24 bits per heavy atom. The van der Waals surface area contributed by atoms with Crippen LogP contribution < -0.4 is 11.1 Å². The summed E-state index contributed by atoms with van der Waals surface area (Å²) in [6.07, 6.45) is 1.68. The fourth-order valence-corrected chi connectivity index (χ4v) is 1.96. The van der Waals surface area contributed by atoms with Gasteiger partial charge in [-0.05, 0) is 26.0 Å². The summed E-state index contributed by atoms with van der Waals surface area (Å²) in [6, 6.07) is 5.22. The summed E-state index contributed by atoms with van der Waals surface area (Å²) < 4.78 is 6.91. The van der Waals surface area contributed by atoms with E-state index >= 15 is 0 Å². The van der Waals surface area contributed by atoms with Crippen molar-refractivity contribution in [1.29, 1.82) is 0 Å². The fourth-order valence-electron chi connectivity index (χ4n) is 1.96. The predicted octanol–water partition coefficient (Wildman–Crippen LogP) is 1.67. The first-order valence-electron chi connectivity index (χ1n) is 6.83. The topological polar surface area (TPSA) is 95.1 Å². The third-order valence-electron chi connectivity index (χ3n) is 3.07. The molecular weight excluding hydrogens is 270 g/mol. The van der Waals surface area contributed by atoms with Crippen LogP contribution in [0.1, 0.15) is 30.0 Å². The number of hydrogen-bond acceptors (Lipinski definition) is 6. The first kappa shape index (κ1) is 14.8. The monoisotopic (exact) mass is 289 g/mol. The van der Waals surface area contributed by atoms with Crippen LogP contribution in [-0.2, 0) is 17.8 Å². The van der Waals surface area contributed by atoms with Crippen molar-refractivity contribution in [3.05, 3.63) is 35.9 Å². The Bertz CT molecular complexity index is 624. The maximum absolute atomic E-state index is 11.8. The highest BCUT2D eigenvalue weighted by Gasteiger charge is 2.13. The number of anilines is 2. The lowest BCUT2D eigenvalue weighted by Crippen LogP contribution is -2.12. The number of aromatic nitrogens is 3. The first-order valence-corrected chi connectivity index (χ1v) is 6.83. The van der Waals surface area contributed by atoms with E-state index < -0.39 is 5.97 Å². The second kappa shape index (κ2) is 6.74. The van der Waals surface area contributed by atoms with Gasteiger partial charge >= 0.3 is 5.97 Å². The average molecular weight is 289 g/mol. The van der Waals surface area contributed by atoms with Crippen molar-refractivity contribution in [2.75, 3.05) is 17.7 Å². The molecule has 0 bridgehead atoms. The van der Waals surface area contributed by atoms with E-state index in [2.05, 4.69) is 15.5 Å². The minimum Gasteiger partial charge on any atom is -0.462 e. The molecule has 0 atom stereocenters. The zero-order chi connectivity index (χ0) is 15.2. The molecule has 0 amide bonds. The Labute approximate surface area is 123 Å². The van der Waals surface area contributed by atoms with Crippen LogP contribution in [0, 0.1) is 0 Å². The lowest BCUT2D eigenvalue weighted by atomic mass is 10.1. The molecule has 7 heteroatoms. The Morgan fingerprint density at radius 3 is 2.95 bits per heavy atom. The van der Waals surface area contributed by atoms with Gasteiger partial charge < -0.3 is 20.4 Å². The van der Waals surface area contributed by atoms with Gasteiger partial charge in [0.2, 0.25) is 0 Å². The fraction of sp³-hybridized carbons (Fsp3) is 0.357. The van der Waals surface area contributed by atoms with Gasteiger partial charge in [0, 0.05) is 6.54 Å². The molecule has 0 saturated carbocycles. The Kier molecular flexibility index (Phi) is 4.76. The van der Waals surface area contributed by atoms with Crippen molar-refractivity contribution in [3.8, 4) is 0 Å². The van der Waals surface area contributed by atoms with Crippen LogP contribution in [0.2, 0.25) is 0 Å². The third kappa shape index (κ3) is 3.31. The van der Waals surface area contributed by atoms with Gasteiger partial charge in [0.25, 0.3) is 0 Å². The summed E-state index contributed by atoms with van der Waals surface area (Å²) >= 11 is 0. The van der Waals surface area contributed by atoms with Crippen LogP contribution in [0.15, 0.2) is 24.5 Å². The van der Waals surface area contributed by atoms with Crippen LogP contribution in [-0.4, -0.2) is 27.3 Å². The van der Waals surface area contributed by atoms with Crippen molar-refractivity contribution in [1.82, 2.24) is 14.8 Å². The Hall–Kier alpha value is -2.57.